The van der Waals surface area contributed by atoms with E-state index in [1.54, 1.807) is 12.1 Å². The van der Waals surface area contributed by atoms with Crippen LogP contribution in [0.5, 0.6) is 0 Å². The Morgan fingerprint density at radius 2 is 1.47 bits per heavy atom. The molecule has 0 aliphatic rings. The molecule has 0 saturated heterocycles. The van der Waals surface area contributed by atoms with Gasteiger partial charge in [-0.1, -0.05) is 42.5 Å². The van der Waals surface area contributed by atoms with Gasteiger partial charge in [-0.3, -0.25) is 4.79 Å². The molecule has 150 valence electrons. The van der Waals surface area contributed by atoms with Crippen molar-refractivity contribution < 1.29 is 26.8 Å². The lowest BCUT2D eigenvalue weighted by atomic mass is 10.1. The Morgan fingerprint density at radius 3 is 2.23 bits per heavy atom. The van der Waals surface area contributed by atoms with Crippen molar-refractivity contribution in [2.45, 2.75) is 6.18 Å². The van der Waals surface area contributed by atoms with Gasteiger partial charge < -0.3 is 8.83 Å². The first-order chi connectivity index (χ1) is 14.4. The van der Waals surface area contributed by atoms with Crippen LogP contribution in [0, 0.1) is 0 Å². The van der Waals surface area contributed by atoms with Crippen molar-refractivity contribution in [1.29, 1.82) is 0 Å². The van der Waals surface area contributed by atoms with E-state index < -0.39 is 17.5 Å². The van der Waals surface area contributed by atoms with E-state index in [1.807, 2.05) is 30.3 Å². The minimum absolute atomic E-state index is 0.0218. The number of carbonyl (C=O) groups is 1. The molecule has 0 bridgehead atoms. The first-order valence-corrected chi connectivity index (χ1v) is 9.05. The van der Waals surface area contributed by atoms with Gasteiger partial charge in [0.1, 0.15) is 17.3 Å². The summed E-state index contributed by atoms with van der Waals surface area (Å²) in [5.74, 6) is 0.945. The maximum Gasteiger partial charge on any atom is 0.416 e. The molecule has 4 rings (SSSR count). The molecule has 2 aromatic carbocycles. The molecule has 0 unspecified atom stereocenters. The molecular formula is C24H15F3O3. The highest BCUT2D eigenvalue weighted by atomic mass is 19.4. The third-order valence-electron chi connectivity index (χ3n) is 4.41. The number of halogens is 3. The van der Waals surface area contributed by atoms with E-state index in [1.165, 1.54) is 36.4 Å². The molecule has 0 amide bonds. The third kappa shape index (κ3) is 4.27. The first kappa shape index (κ1) is 19.5. The summed E-state index contributed by atoms with van der Waals surface area (Å²) in [6, 6.07) is 20.7. The molecule has 0 atom stereocenters. The summed E-state index contributed by atoms with van der Waals surface area (Å²) in [7, 11) is 0. The Morgan fingerprint density at radius 1 is 0.767 bits per heavy atom. The van der Waals surface area contributed by atoms with Crippen molar-refractivity contribution in [3.05, 3.63) is 102 Å². The number of alkyl halides is 3. The van der Waals surface area contributed by atoms with Gasteiger partial charge in [0.05, 0.1) is 5.56 Å². The second-order valence-corrected chi connectivity index (χ2v) is 6.51. The molecule has 0 N–H and O–H groups in total. The third-order valence-corrected chi connectivity index (χ3v) is 4.41. The van der Waals surface area contributed by atoms with Gasteiger partial charge in [0.15, 0.2) is 5.76 Å². The molecule has 0 radical (unpaired) electrons. The average Bonchev–Trinajstić information content (AvgIpc) is 3.42. The summed E-state index contributed by atoms with van der Waals surface area (Å²) in [5, 5.41) is 0. The molecule has 2 aromatic heterocycles. The number of hydrogen-bond donors (Lipinski definition) is 0. The topological polar surface area (TPSA) is 43.4 Å². The van der Waals surface area contributed by atoms with Gasteiger partial charge in [0, 0.05) is 11.1 Å². The van der Waals surface area contributed by atoms with Crippen LogP contribution in [0.1, 0.15) is 21.9 Å². The van der Waals surface area contributed by atoms with E-state index in [0.717, 1.165) is 17.7 Å². The largest absolute Gasteiger partial charge is 0.457 e. The van der Waals surface area contributed by atoms with E-state index >= 15 is 0 Å². The van der Waals surface area contributed by atoms with Crippen molar-refractivity contribution >= 4 is 11.9 Å². The fraction of sp³-hybridized carbons (Fsp3) is 0.0417. The smallest absolute Gasteiger partial charge is 0.416 e. The Hall–Kier alpha value is -3.80. The van der Waals surface area contributed by atoms with Gasteiger partial charge in [-0.2, -0.15) is 13.2 Å². The molecule has 0 aliphatic heterocycles. The maximum absolute atomic E-state index is 12.9. The summed E-state index contributed by atoms with van der Waals surface area (Å²) in [4.78, 5) is 12.4. The monoisotopic (exact) mass is 408 g/mol. The molecule has 30 heavy (non-hydrogen) atoms. The van der Waals surface area contributed by atoms with Gasteiger partial charge in [-0.05, 0) is 48.6 Å². The zero-order chi connectivity index (χ0) is 21.1. The van der Waals surface area contributed by atoms with Gasteiger partial charge in [0.2, 0.25) is 5.78 Å². The molecule has 0 spiro atoms. The lowest BCUT2D eigenvalue weighted by Crippen LogP contribution is -2.04. The predicted octanol–water partition coefficient (Wildman–Crippen LogP) is 7.12. The van der Waals surface area contributed by atoms with Crippen LogP contribution in [0.4, 0.5) is 13.2 Å². The SMILES string of the molecule is O=C(/C=C/c1ccc(-c2ccccc2)o1)c1ccc(-c2cccc(C(F)(F)F)c2)o1. The molecule has 0 aliphatic carbocycles. The van der Waals surface area contributed by atoms with Gasteiger partial charge in [0.25, 0.3) is 0 Å². The van der Waals surface area contributed by atoms with Crippen LogP contribution in [0.25, 0.3) is 28.7 Å². The predicted molar refractivity (Wildman–Crippen MR) is 107 cm³/mol. The summed E-state index contributed by atoms with van der Waals surface area (Å²) in [6.07, 6.45) is -1.64. The zero-order valence-corrected chi connectivity index (χ0v) is 15.5. The summed E-state index contributed by atoms with van der Waals surface area (Å²) in [6.45, 7) is 0. The van der Waals surface area contributed by atoms with Crippen molar-refractivity contribution in [2.75, 3.05) is 0 Å². The Kier molecular flexibility index (Phi) is 5.14. The second kappa shape index (κ2) is 7.91. The highest BCUT2D eigenvalue weighted by Crippen LogP contribution is 2.32. The standard InChI is InChI=1S/C24H15F3O3/c25-24(26,27)18-8-4-7-17(15-18)22-13-14-23(30-22)20(28)11-9-19-10-12-21(29-19)16-5-2-1-3-6-16/h1-15H/b11-9+. The van der Waals surface area contributed by atoms with Crippen LogP contribution < -0.4 is 0 Å². The van der Waals surface area contributed by atoms with Crippen LogP contribution in [0.15, 0.2) is 93.8 Å². The van der Waals surface area contributed by atoms with E-state index in [4.69, 9.17) is 8.83 Å². The van der Waals surface area contributed by atoms with Crippen LogP contribution in [-0.2, 0) is 6.18 Å². The van der Waals surface area contributed by atoms with Crippen LogP contribution in [-0.4, -0.2) is 5.78 Å². The van der Waals surface area contributed by atoms with E-state index in [9.17, 15) is 18.0 Å². The fourth-order valence-electron chi connectivity index (χ4n) is 2.91. The summed E-state index contributed by atoms with van der Waals surface area (Å²) in [5.41, 5.74) is 0.378. The Bertz CT molecular complexity index is 1200. The highest BCUT2D eigenvalue weighted by molar-refractivity contribution is 6.05. The van der Waals surface area contributed by atoms with E-state index in [0.29, 0.717) is 11.5 Å². The Labute approximate surface area is 170 Å². The second-order valence-electron chi connectivity index (χ2n) is 6.51. The summed E-state index contributed by atoms with van der Waals surface area (Å²) >= 11 is 0. The quantitative estimate of drug-likeness (QED) is 0.261. The molecular weight excluding hydrogens is 393 g/mol. The van der Waals surface area contributed by atoms with Crippen LogP contribution in [0.2, 0.25) is 0 Å². The van der Waals surface area contributed by atoms with Gasteiger partial charge in [-0.25, -0.2) is 0 Å². The van der Waals surface area contributed by atoms with Gasteiger partial charge >= 0.3 is 6.18 Å². The molecule has 3 nitrogen and oxygen atoms in total. The number of carbonyl (C=O) groups excluding carboxylic acids is 1. The molecule has 2 heterocycles. The van der Waals surface area contributed by atoms with E-state index in [2.05, 4.69) is 0 Å². The molecule has 0 saturated carbocycles. The molecule has 0 fully saturated rings. The lowest BCUT2D eigenvalue weighted by molar-refractivity contribution is -0.137. The minimum atomic E-state index is -4.45. The highest BCUT2D eigenvalue weighted by Gasteiger charge is 2.30. The maximum atomic E-state index is 12.9. The number of ketones is 1. The molecule has 4 aromatic rings. The number of benzene rings is 2. The Balaban J connectivity index is 1.49. The average molecular weight is 408 g/mol. The number of furan rings is 2. The van der Waals surface area contributed by atoms with E-state index in [-0.39, 0.29) is 17.1 Å². The van der Waals surface area contributed by atoms with Crippen molar-refractivity contribution in [3.63, 3.8) is 0 Å². The lowest BCUT2D eigenvalue weighted by Gasteiger charge is -2.07. The van der Waals surface area contributed by atoms with Crippen molar-refractivity contribution in [2.24, 2.45) is 0 Å². The van der Waals surface area contributed by atoms with Crippen molar-refractivity contribution in [1.82, 2.24) is 0 Å². The van der Waals surface area contributed by atoms with Crippen molar-refractivity contribution in [3.8, 4) is 22.6 Å². The van der Waals surface area contributed by atoms with Gasteiger partial charge in [-0.15, -0.1) is 0 Å². The summed E-state index contributed by atoms with van der Waals surface area (Å²) < 4.78 is 49.8. The van der Waals surface area contributed by atoms with Crippen LogP contribution >= 0.6 is 0 Å². The first-order valence-electron chi connectivity index (χ1n) is 9.05. The van der Waals surface area contributed by atoms with Crippen LogP contribution in [0.3, 0.4) is 0 Å². The number of rotatable bonds is 5. The number of allylic oxidation sites excluding steroid dienone is 1. The fourth-order valence-corrected chi connectivity index (χ4v) is 2.91. The number of hydrogen-bond acceptors (Lipinski definition) is 3. The minimum Gasteiger partial charge on any atom is -0.457 e. The zero-order valence-electron chi connectivity index (χ0n) is 15.5. The normalized spacial score (nSPS) is 11.8. The molecule has 6 heteroatoms.